The van der Waals surface area contributed by atoms with Gasteiger partial charge in [0.1, 0.15) is 0 Å². The topological polar surface area (TPSA) is 65.9 Å². The summed E-state index contributed by atoms with van der Waals surface area (Å²) in [4.78, 5) is 45.0. The number of hydrogen-bond acceptors (Lipinski definition) is 4. The highest BCUT2D eigenvalue weighted by molar-refractivity contribution is 6.45. The maximum absolute atomic E-state index is 14.0. The number of ketones is 1. The molecule has 0 bridgehead atoms. The Morgan fingerprint density at radius 3 is 2.00 bits per heavy atom. The van der Waals surface area contributed by atoms with Gasteiger partial charge in [0.2, 0.25) is 0 Å². The zero-order valence-corrected chi connectivity index (χ0v) is 24.8. The molecule has 7 nitrogen and oxygen atoms in total. The SMILES string of the molecule is C[C@@H]1CN(C(c2ccccc2)c2ccccc2)[C@@H](C)CN1C(=O)c1cc2c(C(=O)C(=O)N(C)C)cn(C)c2cc1Cl. The van der Waals surface area contributed by atoms with Gasteiger partial charge in [-0.2, -0.15) is 0 Å². The first-order valence-corrected chi connectivity index (χ1v) is 14.2. The number of halogens is 1. The minimum absolute atomic E-state index is 0.0548. The van der Waals surface area contributed by atoms with E-state index in [1.54, 1.807) is 44.0 Å². The molecule has 0 saturated carbocycles. The zero-order chi connectivity index (χ0) is 29.4. The van der Waals surface area contributed by atoms with Crippen LogP contribution in [-0.4, -0.2) is 76.1 Å². The molecule has 0 radical (unpaired) electrons. The molecule has 41 heavy (non-hydrogen) atoms. The van der Waals surface area contributed by atoms with Gasteiger partial charge in [-0.3, -0.25) is 19.3 Å². The molecule has 1 saturated heterocycles. The lowest BCUT2D eigenvalue weighted by atomic mass is 9.93. The molecule has 2 atom stereocenters. The Bertz CT molecular complexity index is 1560. The molecule has 3 aromatic carbocycles. The third-order valence-electron chi connectivity index (χ3n) is 8.01. The van der Waals surface area contributed by atoms with Crippen LogP contribution in [0.25, 0.3) is 10.9 Å². The van der Waals surface area contributed by atoms with Crippen LogP contribution in [0.3, 0.4) is 0 Å². The Morgan fingerprint density at radius 1 is 0.854 bits per heavy atom. The molecule has 0 aliphatic carbocycles. The molecule has 1 aromatic heterocycles. The van der Waals surface area contributed by atoms with Crippen molar-refractivity contribution in [2.45, 2.75) is 32.0 Å². The lowest BCUT2D eigenvalue weighted by molar-refractivity contribution is -0.124. The number of piperazine rings is 1. The molecule has 5 rings (SSSR count). The van der Waals surface area contributed by atoms with Crippen molar-refractivity contribution in [2.75, 3.05) is 27.2 Å². The summed E-state index contributed by atoms with van der Waals surface area (Å²) < 4.78 is 1.75. The van der Waals surface area contributed by atoms with Crippen molar-refractivity contribution in [3.63, 3.8) is 0 Å². The molecule has 0 N–H and O–H groups in total. The Balaban J connectivity index is 1.46. The number of aryl methyl sites for hydroxylation is 1. The molecule has 1 aliphatic heterocycles. The van der Waals surface area contributed by atoms with E-state index in [9.17, 15) is 14.4 Å². The molecule has 1 fully saturated rings. The monoisotopic (exact) mass is 570 g/mol. The quantitative estimate of drug-likeness (QED) is 0.229. The minimum atomic E-state index is -0.621. The second kappa shape index (κ2) is 11.5. The fourth-order valence-electron chi connectivity index (χ4n) is 5.86. The molecule has 1 aliphatic rings. The number of Topliss-reactive ketones (excluding diaryl/α,β-unsaturated/α-hetero) is 1. The van der Waals surface area contributed by atoms with Gasteiger partial charge in [-0.15, -0.1) is 0 Å². The van der Waals surface area contributed by atoms with Crippen LogP contribution in [0.4, 0.5) is 0 Å². The molecule has 2 amide bonds. The lowest BCUT2D eigenvalue weighted by Crippen LogP contribution is -2.58. The van der Waals surface area contributed by atoms with Gasteiger partial charge in [-0.1, -0.05) is 72.3 Å². The van der Waals surface area contributed by atoms with Crippen molar-refractivity contribution in [3.8, 4) is 0 Å². The summed E-state index contributed by atoms with van der Waals surface area (Å²) in [5, 5.41) is 0.850. The van der Waals surface area contributed by atoms with Gasteiger partial charge in [0.05, 0.1) is 27.7 Å². The number of rotatable bonds is 6. The first-order valence-electron chi connectivity index (χ1n) is 13.8. The van der Waals surface area contributed by atoms with E-state index in [2.05, 4.69) is 67.3 Å². The van der Waals surface area contributed by atoms with Gasteiger partial charge < -0.3 is 14.4 Å². The molecule has 8 heteroatoms. The number of likely N-dealkylation sites (N-methyl/N-ethyl adjacent to an activating group) is 1. The largest absolute Gasteiger partial charge is 0.350 e. The van der Waals surface area contributed by atoms with Crippen LogP contribution in [0.2, 0.25) is 5.02 Å². The number of fused-ring (bicyclic) bond motifs is 1. The average Bonchev–Trinajstić information content (AvgIpc) is 3.29. The molecule has 212 valence electrons. The Morgan fingerprint density at radius 2 is 1.44 bits per heavy atom. The number of carbonyl (C=O) groups is 3. The van der Waals surface area contributed by atoms with E-state index in [0.29, 0.717) is 34.6 Å². The Hall–Kier alpha value is -3.94. The van der Waals surface area contributed by atoms with E-state index in [4.69, 9.17) is 11.6 Å². The molecule has 4 aromatic rings. The van der Waals surface area contributed by atoms with Crippen molar-refractivity contribution in [1.29, 1.82) is 0 Å². The third-order valence-corrected chi connectivity index (χ3v) is 8.32. The minimum Gasteiger partial charge on any atom is -0.350 e. The highest BCUT2D eigenvalue weighted by atomic mass is 35.5. The Labute approximate surface area is 245 Å². The highest BCUT2D eigenvalue weighted by Gasteiger charge is 2.37. The van der Waals surface area contributed by atoms with Gasteiger partial charge in [0.15, 0.2) is 0 Å². The van der Waals surface area contributed by atoms with Crippen LogP contribution in [0.1, 0.15) is 51.7 Å². The van der Waals surface area contributed by atoms with Crippen LogP contribution in [0.15, 0.2) is 79.0 Å². The standard InChI is InChI=1S/C33H35ClN4O3/c1-21-19-38(22(2)18-37(21)30(23-12-8-6-9-13-23)24-14-10-7-11-15-24)32(40)26-16-25-27(31(39)33(41)35(3)4)20-36(5)29(25)17-28(26)34/h6-17,20-22,30H,18-19H2,1-5H3/t21-,22+/m0/s1. The van der Waals surface area contributed by atoms with Crippen molar-refractivity contribution in [3.05, 3.63) is 106 Å². The number of nitrogens with zero attached hydrogens (tertiary/aromatic N) is 4. The van der Waals surface area contributed by atoms with E-state index in [0.717, 1.165) is 0 Å². The number of benzene rings is 3. The Kier molecular flexibility index (Phi) is 8.02. The van der Waals surface area contributed by atoms with E-state index < -0.39 is 11.7 Å². The maximum Gasteiger partial charge on any atom is 0.294 e. The molecule has 0 spiro atoms. The smallest absolute Gasteiger partial charge is 0.294 e. The van der Waals surface area contributed by atoms with E-state index in [1.807, 2.05) is 17.0 Å². The van der Waals surface area contributed by atoms with Gasteiger partial charge in [0.25, 0.3) is 17.6 Å². The average molecular weight is 571 g/mol. The number of carbonyl (C=O) groups excluding carboxylic acids is 3. The summed E-state index contributed by atoms with van der Waals surface area (Å²) in [6.45, 7) is 5.40. The van der Waals surface area contributed by atoms with Gasteiger partial charge >= 0.3 is 0 Å². The molecule has 2 heterocycles. The summed E-state index contributed by atoms with van der Waals surface area (Å²) in [5.41, 5.74) is 3.68. The van der Waals surface area contributed by atoms with Crippen LogP contribution < -0.4 is 0 Å². The molecular weight excluding hydrogens is 536 g/mol. The fourth-order valence-corrected chi connectivity index (χ4v) is 6.10. The van der Waals surface area contributed by atoms with Crippen molar-refractivity contribution >= 4 is 40.1 Å². The number of hydrogen-bond donors (Lipinski definition) is 0. The normalized spacial score (nSPS) is 17.7. The van der Waals surface area contributed by atoms with Gasteiger partial charge in [-0.05, 0) is 37.1 Å². The van der Waals surface area contributed by atoms with E-state index in [1.165, 1.54) is 16.0 Å². The zero-order valence-electron chi connectivity index (χ0n) is 24.0. The predicted molar refractivity (Wildman–Crippen MR) is 162 cm³/mol. The second-order valence-electron chi connectivity index (χ2n) is 11.1. The molecular formula is C33H35ClN4O3. The van der Waals surface area contributed by atoms with Crippen molar-refractivity contribution in [1.82, 2.24) is 19.3 Å². The summed E-state index contributed by atoms with van der Waals surface area (Å²) >= 11 is 6.68. The van der Waals surface area contributed by atoms with Crippen LogP contribution in [0.5, 0.6) is 0 Å². The van der Waals surface area contributed by atoms with Crippen molar-refractivity contribution in [2.24, 2.45) is 7.05 Å². The summed E-state index contributed by atoms with van der Waals surface area (Å²) in [7, 11) is 4.87. The van der Waals surface area contributed by atoms with E-state index >= 15 is 0 Å². The summed E-state index contributed by atoms with van der Waals surface area (Å²) in [6, 6.07) is 24.3. The van der Waals surface area contributed by atoms with Crippen LogP contribution in [-0.2, 0) is 11.8 Å². The summed E-state index contributed by atoms with van der Waals surface area (Å²) in [6.07, 6.45) is 1.62. The highest BCUT2D eigenvalue weighted by Crippen LogP contribution is 2.35. The predicted octanol–water partition coefficient (Wildman–Crippen LogP) is 5.43. The first-order chi connectivity index (χ1) is 19.6. The van der Waals surface area contributed by atoms with Gasteiger partial charge in [-0.25, -0.2) is 0 Å². The van der Waals surface area contributed by atoms with Crippen molar-refractivity contribution < 1.29 is 14.4 Å². The lowest BCUT2D eigenvalue weighted by Gasteiger charge is -2.47. The van der Waals surface area contributed by atoms with Crippen LogP contribution >= 0.6 is 11.6 Å². The second-order valence-corrected chi connectivity index (χ2v) is 11.5. The molecule has 0 unspecified atom stereocenters. The van der Waals surface area contributed by atoms with E-state index in [-0.39, 0.29) is 29.6 Å². The number of aromatic nitrogens is 1. The summed E-state index contributed by atoms with van der Waals surface area (Å²) in [5.74, 6) is -1.43. The first kappa shape index (κ1) is 28.6. The van der Waals surface area contributed by atoms with Crippen LogP contribution in [0, 0.1) is 0 Å². The third kappa shape index (κ3) is 5.39. The maximum atomic E-state index is 14.0. The fraction of sp³-hybridized carbons (Fsp3) is 0.303. The van der Waals surface area contributed by atoms with Gasteiger partial charge in [0, 0.05) is 57.9 Å². The number of amides is 2.